The van der Waals surface area contributed by atoms with Crippen LogP contribution in [0, 0.1) is 13.8 Å². The summed E-state index contributed by atoms with van der Waals surface area (Å²) in [6.07, 6.45) is 3.60. The molecule has 7 nitrogen and oxygen atoms in total. The highest BCUT2D eigenvalue weighted by atomic mass is 16.1. The van der Waals surface area contributed by atoms with Gasteiger partial charge in [-0.2, -0.15) is 10.2 Å². The average molecular weight is 388 g/mol. The lowest BCUT2D eigenvalue weighted by Crippen LogP contribution is -2.23. The summed E-state index contributed by atoms with van der Waals surface area (Å²) >= 11 is 0. The molecule has 0 fully saturated rings. The van der Waals surface area contributed by atoms with Crippen LogP contribution in [0.3, 0.4) is 0 Å². The predicted octanol–water partition coefficient (Wildman–Crippen LogP) is 3.40. The van der Waals surface area contributed by atoms with Crippen LogP contribution in [0.25, 0.3) is 22.2 Å². The minimum atomic E-state index is -0.130. The molecule has 1 N–H and O–H groups in total. The largest absolute Gasteiger partial charge is 0.348 e. The highest BCUT2D eigenvalue weighted by Gasteiger charge is 2.17. The second-order valence-electron chi connectivity index (χ2n) is 7.09. The lowest BCUT2D eigenvalue weighted by molar-refractivity contribution is 0.0952. The number of aryl methyl sites for hydroxylation is 2. The Hall–Kier alpha value is -3.48. The molecule has 3 aromatic heterocycles. The second kappa shape index (κ2) is 7.50. The van der Waals surface area contributed by atoms with Crippen LogP contribution in [-0.4, -0.2) is 30.5 Å². The van der Waals surface area contributed by atoms with Crippen LogP contribution in [0.2, 0.25) is 0 Å². The van der Waals surface area contributed by atoms with E-state index < -0.39 is 0 Å². The van der Waals surface area contributed by atoms with Gasteiger partial charge in [-0.1, -0.05) is 18.2 Å². The van der Waals surface area contributed by atoms with Gasteiger partial charge in [-0.3, -0.25) is 14.2 Å². The van der Waals surface area contributed by atoms with Crippen LogP contribution in [0.4, 0.5) is 0 Å². The van der Waals surface area contributed by atoms with E-state index in [1.54, 1.807) is 10.9 Å². The molecule has 0 atom stereocenters. The molecule has 4 aromatic rings. The molecule has 29 heavy (non-hydrogen) atoms. The first-order valence-electron chi connectivity index (χ1n) is 9.67. The van der Waals surface area contributed by atoms with Gasteiger partial charge in [0, 0.05) is 48.0 Å². The Morgan fingerprint density at radius 1 is 1.10 bits per heavy atom. The first-order chi connectivity index (χ1) is 14.0. The van der Waals surface area contributed by atoms with Gasteiger partial charge >= 0.3 is 0 Å². The van der Waals surface area contributed by atoms with Crippen molar-refractivity contribution in [3.8, 4) is 11.3 Å². The number of hydrogen-bond acceptors (Lipinski definition) is 4. The van der Waals surface area contributed by atoms with Gasteiger partial charge in [0.2, 0.25) is 0 Å². The van der Waals surface area contributed by atoms with E-state index in [1.165, 1.54) is 0 Å². The monoisotopic (exact) mass is 388 g/mol. The van der Waals surface area contributed by atoms with Crippen molar-refractivity contribution in [1.29, 1.82) is 0 Å². The van der Waals surface area contributed by atoms with Gasteiger partial charge in [-0.15, -0.1) is 0 Å². The fourth-order valence-corrected chi connectivity index (χ4v) is 3.50. The van der Waals surface area contributed by atoms with Crippen molar-refractivity contribution in [1.82, 2.24) is 29.9 Å². The van der Waals surface area contributed by atoms with Crippen molar-refractivity contribution in [2.45, 2.75) is 33.9 Å². The number of amides is 1. The van der Waals surface area contributed by atoms with Crippen LogP contribution < -0.4 is 5.32 Å². The summed E-state index contributed by atoms with van der Waals surface area (Å²) in [5.41, 5.74) is 6.15. The van der Waals surface area contributed by atoms with E-state index in [1.807, 2.05) is 69.0 Å². The number of rotatable bonds is 5. The van der Waals surface area contributed by atoms with E-state index in [0.29, 0.717) is 12.1 Å². The molecule has 148 valence electrons. The molecule has 0 aliphatic carbocycles. The zero-order chi connectivity index (χ0) is 20.5. The Morgan fingerprint density at radius 3 is 2.59 bits per heavy atom. The number of nitrogens with zero attached hydrogens (tertiary/aromatic N) is 5. The van der Waals surface area contributed by atoms with Crippen LogP contribution in [0.1, 0.15) is 34.2 Å². The van der Waals surface area contributed by atoms with E-state index in [0.717, 1.165) is 45.7 Å². The Kier molecular flexibility index (Phi) is 4.88. The van der Waals surface area contributed by atoms with E-state index in [2.05, 4.69) is 15.5 Å². The fourth-order valence-electron chi connectivity index (χ4n) is 3.50. The van der Waals surface area contributed by atoms with Crippen molar-refractivity contribution in [3.05, 3.63) is 65.2 Å². The van der Waals surface area contributed by atoms with Gasteiger partial charge in [0.15, 0.2) is 0 Å². The van der Waals surface area contributed by atoms with Crippen molar-refractivity contribution < 1.29 is 4.79 Å². The minimum Gasteiger partial charge on any atom is -0.348 e. The molecule has 0 aliphatic rings. The number of para-hydroxylation sites is 1. The quantitative estimate of drug-likeness (QED) is 0.568. The van der Waals surface area contributed by atoms with Crippen LogP contribution in [0.15, 0.2) is 42.7 Å². The highest BCUT2D eigenvalue weighted by Crippen LogP contribution is 2.26. The number of pyridine rings is 1. The summed E-state index contributed by atoms with van der Waals surface area (Å²) in [6.45, 7) is 7.30. The summed E-state index contributed by atoms with van der Waals surface area (Å²) in [5.74, 6) is -0.130. The number of fused-ring (bicyclic) bond motifs is 1. The van der Waals surface area contributed by atoms with Crippen molar-refractivity contribution in [2.75, 3.05) is 0 Å². The molecule has 0 radical (unpaired) electrons. The zero-order valence-corrected chi connectivity index (χ0v) is 17.1. The van der Waals surface area contributed by atoms with Gasteiger partial charge in [0.25, 0.3) is 5.91 Å². The molecule has 1 amide bonds. The van der Waals surface area contributed by atoms with Crippen molar-refractivity contribution in [3.63, 3.8) is 0 Å². The second-order valence-corrected chi connectivity index (χ2v) is 7.09. The molecule has 1 aromatic carbocycles. The average Bonchev–Trinajstić information content (AvgIpc) is 3.26. The predicted molar refractivity (Wildman–Crippen MR) is 112 cm³/mol. The fraction of sp³-hybridized carbons (Fsp3) is 0.273. The summed E-state index contributed by atoms with van der Waals surface area (Å²) in [7, 11) is 1.90. The first-order valence-corrected chi connectivity index (χ1v) is 9.67. The maximum absolute atomic E-state index is 13.1. The van der Waals surface area contributed by atoms with Gasteiger partial charge in [0.1, 0.15) is 0 Å². The summed E-state index contributed by atoms with van der Waals surface area (Å²) in [5, 5.41) is 12.5. The third-order valence-corrected chi connectivity index (χ3v) is 5.42. The Morgan fingerprint density at radius 2 is 1.90 bits per heavy atom. The van der Waals surface area contributed by atoms with E-state index in [9.17, 15) is 4.79 Å². The Labute approximate surface area is 169 Å². The minimum absolute atomic E-state index is 0.130. The smallest absolute Gasteiger partial charge is 0.252 e. The van der Waals surface area contributed by atoms with E-state index >= 15 is 0 Å². The van der Waals surface area contributed by atoms with Gasteiger partial charge in [-0.05, 0) is 32.9 Å². The third kappa shape index (κ3) is 3.40. The molecule has 0 saturated carbocycles. The SMILES string of the molecule is CCn1ncc(CNC(=O)c2cc(-c3cnn(C)c3C)nc3ccccc23)c1C. The lowest BCUT2D eigenvalue weighted by atomic mass is 10.0. The topological polar surface area (TPSA) is 77.6 Å². The molecule has 0 spiro atoms. The highest BCUT2D eigenvalue weighted by molar-refractivity contribution is 6.07. The normalized spacial score (nSPS) is 11.2. The van der Waals surface area contributed by atoms with E-state index in [-0.39, 0.29) is 5.91 Å². The number of aromatic nitrogens is 5. The standard InChI is InChI=1S/C22H24N6O/c1-5-28-14(2)16(12-25-28)11-23-22(29)18-10-21(19-13-24-27(4)15(19)3)26-20-9-7-6-8-17(18)20/h6-10,12-13H,5,11H2,1-4H3,(H,23,29). The maximum atomic E-state index is 13.1. The number of nitrogens with one attached hydrogen (secondary N) is 1. The zero-order valence-electron chi connectivity index (χ0n) is 17.1. The van der Waals surface area contributed by atoms with E-state index in [4.69, 9.17) is 4.98 Å². The molecule has 3 heterocycles. The van der Waals surface area contributed by atoms with Crippen molar-refractivity contribution in [2.24, 2.45) is 7.05 Å². The molecule has 0 aliphatic heterocycles. The van der Waals surface area contributed by atoms with Crippen molar-refractivity contribution >= 4 is 16.8 Å². The number of benzene rings is 1. The summed E-state index contributed by atoms with van der Waals surface area (Å²) in [4.78, 5) is 17.9. The van der Waals surface area contributed by atoms with Gasteiger partial charge < -0.3 is 5.32 Å². The van der Waals surface area contributed by atoms with Crippen LogP contribution in [0.5, 0.6) is 0 Å². The molecule has 4 rings (SSSR count). The number of hydrogen-bond donors (Lipinski definition) is 1. The van der Waals surface area contributed by atoms with Crippen LogP contribution in [-0.2, 0) is 20.1 Å². The lowest BCUT2D eigenvalue weighted by Gasteiger charge is -2.11. The summed E-state index contributed by atoms with van der Waals surface area (Å²) in [6, 6.07) is 9.56. The molecule has 0 unspecified atom stereocenters. The molecule has 7 heteroatoms. The molecule has 0 bridgehead atoms. The molecular formula is C22H24N6O. The van der Waals surface area contributed by atoms with Gasteiger partial charge in [-0.25, -0.2) is 4.98 Å². The number of carbonyl (C=O) groups excluding carboxylic acids is 1. The first kappa shape index (κ1) is 18.9. The molecular weight excluding hydrogens is 364 g/mol. The maximum Gasteiger partial charge on any atom is 0.252 e. The molecule has 0 saturated heterocycles. The van der Waals surface area contributed by atoms with Gasteiger partial charge in [0.05, 0.1) is 29.2 Å². The third-order valence-electron chi connectivity index (χ3n) is 5.42. The number of carbonyl (C=O) groups is 1. The summed E-state index contributed by atoms with van der Waals surface area (Å²) < 4.78 is 3.73. The Balaban J connectivity index is 1.70. The Bertz CT molecular complexity index is 1200. The van der Waals surface area contributed by atoms with Crippen LogP contribution >= 0.6 is 0 Å².